The van der Waals surface area contributed by atoms with Gasteiger partial charge in [0.1, 0.15) is 5.75 Å². The van der Waals surface area contributed by atoms with Crippen LogP contribution in [0.25, 0.3) is 0 Å². The molecule has 17 heavy (non-hydrogen) atoms. The number of hydrogen-bond donors (Lipinski definition) is 3. The molecule has 0 radical (unpaired) electrons. The minimum atomic E-state index is -0.530. The molecule has 0 aliphatic carbocycles. The predicted octanol–water partition coefficient (Wildman–Crippen LogP) is 1.42. The number of phenolic OH excluding ortho intramolecular Hbond substituents is 1. The third-order valence-electron chi connectivity index (χ3n) is 3.14. The third-order valence-corrected chi connectivity index (χ3v) is 3.14. The van der Waals surface area contributed by atoms with Crippen LogP contribution in [0.2, 0.25) is 0 Å². The summed E-state index contributed by atoms with van der Waals surface area (Å²) in [7, 11) is 0. The van der Waals surface area contributed by atoms with Crippen LogP contribution in [0.5, 0.6) is 5.75 Å². The number of aromatic hydroxyl groups is 1. The second-order valence-electron chi connectivity index (χ2n) is 4.52. The van der Waals surface area contributed by atoms with Gasteiger partial charge in [-0.15, -0.1) is 0 Å². The van der Waals surface area contributed by atoms with E-state index in [1.54, 1.807) is 24.3 Å². The summed E-state index contributed by atoms with van der Waals surface area (Å²) in [4.78, 5) is 0. The summed E-state index contributed by atoms with van der Waals surface area (Å²) < 4.78 is 0. The van der Waals surface area contributed by atoms with E-state index in [1.165, 1.54) is 19.3 Å². The fourth-order valence-electron chi connectivity index (χ4n) is 2.08. The van der Waals surface area contributed by atoms with Crippen molar-refractivity contribution in [3.8, 4) is 5.75 Å². The quantitative estimate of drug-likeness (QED) is 0.740. The van der Waals surface area contributed by atoms with E-state index in [4.69, 9.17) is 5.11 Å². The highest BCUT2D eigenvalue weighted by atomic mass is 16.3. The lowest BCUT2D eigenvalue weighted by Gasteiger charge is -2.28. The molecule has 2 rings (SSSR count). The van der Waals surface area contributed by atoms with Gasteiger partial charge in [0.05, 0.1) is 6.10 Å². The van der Waals surface area contributed by atoms with E-state index < -0.39 is 6.10 Å². The second-order valence-corrected chi connectivity index (χ2v) is 4.52. The van der Waals surface area contributed by atoms with Crippen molar-refractivity contribution < 1.29 is 10.2 Å². The lowest BCUT2D eigenvalue weighted by atomic mass is 10.1. The van der Waals surface area contributed by atoms with Crippen molar-refractivity contribution in [2.45, 2.75) is 25.4 Å². The maximum Gasteiger partial charge on any atom is 0.115 e. The molecule has 1 heterocycles. The average Bonchev–Trinajstić information content (AvgIpc) is 2.38. The van der Waals surface area contributed by atoms with Crippen LogP contribution in [-0.2, 0) is 0 Å². The molecule has 0 bridgehead atoms. The van der Waals surface area contributed by atoms with Gasteiger partial charge in [-0.1, -0.05) is 18.6 Å². The first-order valence-electron chi connectivity index (χ1n) is 6.21. The Hall–Kier alpha value is -1.10. The van der Waals surface area contributed by atoms with Crippen LogP contribution >= 0.6 is 0 Å². The number of benzene rings is 1. The summed E-state index contributed by atoms with van der Waals surface area (Å²) in [6.07, 6.45) is 3.22. The second kappa shape index (κ2) is 6.00. The Labute approximate surface area is 102 Å². The SMILES string of the molecule is Oc1ccc(C(O)CNN2CCCCC2)cc1. The van der Waals surface area contributed by atoms with Gasteiger partial charge < -0.3 is 10.2 Å². The lowest BCUT2D eigenvalue weighted by Crippen LogP contribution is -2.43. The molecule has 4 nitrogen and oxygen atoms in total. The number of aliphatic hydroxyl groups excluding tert-OH is 1. The van der Waals surface area contributed by atoms with Gasteiger partial charge in [-0.25, -0.2) is 5.01 Å². The van der Waals surface area contributed by atoms with E-state index >= 15 is 0 Å². The Morgan fingerprint density at radius 1 is 1.12 bits per heavy atom. The molecule has 1 aromatic rings. The van der Waals surface area contributed by atoms with E-state index in [-0.39, 0.29) is 5.75 Å². The highest BCUT2D eigenvalue weighted by Gasteiger charge is 2.12. The first-order valence-corrected chi connectivity index (χ1v) is 6.21. The Morgan fingerprint density at radius 2 is 1.76 bits per heavy atom. The van der Waals surface area contributed by atoms with Crippen LogP contribution in [0.3, 0.4) is 0 Å². The molecule has 94 valence electrons. The van der Waals surface area contributed by atoms with Gasteiger partial charge in [0, 0.05) is 19.6 Å². The van der Waals surface area contributed by atoms with Crippen LogP contribution in [0.1, 0.15) is 30.9 Å². The molecule has 1 atom stereocenters. The first kappa shape index (κ1) is 12.4. The first-order chi connectivity index (χ1) is 8.25. The van der Waals surface area contributed by atoms with Crippen molar-refractivity contribution in [1.29, 1.82) is 0 Å². The fourth-order valence-corrected chi connectivity index (χ4v) is 2.08. The molecule has 0 aromatic heterocycles. The molecule has 3 N–H and O–H groups in total. The maximum absolute atomic E-state index is 9.97. The van der Waals surface area contributed by atoms with Crippen LogP contribution in [0.4, 0.5) is 0 Å². The van der Waals surface area contributed by atoms with Gasteiger partial charge in [-0.2, -0.15) is 0 Å². The normalized spacial score (nSPS) is 19.1. The Balaban J connectivity index is 1.80. The van der Waals surface area contributed by atoms with E-state index in [0.717, 1.165) is 18.7 Å². The Bertz CT molecular complexity index is 334. The summed E-state index contributed by atoms with van der Waals surface area (Å²) >= 11 is 0. The van der Waals surface area contributed by atoms with Crippen LogP contribution < -0.4 is 5.43 Å². The molecule has 4 heteroatoms. The number of hydrogen-bond acceptors (Lipinski definition) is 4. The maximum atomic E-state index is 9.97. The zero-order valence-corrected chi connectivity index (χ0v) is 9.97. The third kappa shape index (κ3) is 3.70. The molecule has 1 unspecified atom stereocenters. The number of aliphatic hydroxyl groups is 1. The summed E-state index contributed by atoms with van der Waals surface area (Å²) in [5, 5.41) is 21.3. The summed E-state index contributed by atoms with van der Waals surface area (Å²) in [5.74, 6) is 0.227. The van der Waals surface area contributed by atoms with E-state index in [0.29, 0.717) is 6.54 Å². The minimum absolute atomic E-state index is 0.227. The number of phenols is 1. The standard InChI is InChI=1S/C13H20N2O2/c16-12-6-4-11(5-7-12)13(17)10-14-15-8-2-1-3-9-15/h4-7,13-14,16-17H,1-3,8-10H2. The molecule has 0 spiro atoms. The largest absolute Gasteiger partial charge is 0.508 e. The minimum Gasteiger partial charge on any atom is -0.508 e. The van der Waals surface area contributed by atoms with E-state index in [9.17, 15) is 5.11 Å². The predicted molar refractivity (Wildman–Crippen MR) is 66.5 cm³/mol. The zero-order chi connectivity index (χ0) is 12.1. The van der Waals surface area contributed by atoms with Gasteiger partial charge in [0.15, 0.2) is 0 Å². The highest BCUT2D eigenvalue weighted by molar-refractivity contribution is 5.27. The van der Waals surface area contributed by atoms with Crippen LogP contribution in [-0.4, -0.2) is 34.9 Å². The molecule has 0 amide bonds. The Morgan fingerprint density at radius 3 is 2.41 bits per heavy atom. The van der Waals surface area contributed by atoms with Gasteiger partial charge in [0.2, 0.25) is 0 Å². The molecule has 1 aliphatic rings. The van der Waals surface area contributed by atoms with Gasteiger partial charge >= 0.3 is 0 Å². The molecule has 1 saturated heterocycles. The average molecular weight is 236 g/mol. The monoisotopic (exact) mass is 236 g/mol. The topological polar surface area (TPSA) is 55.7 Å². The number of nitrogens with one attached hydrogen (secondary N) is 1. The molecular formula is C13H20N2O2. The molecule has 0 saturated carbocycles. The highest BCUT2D eigenvalue weighted by Crippen LogP contribution is 2.16. The lowest BCUT2D eigenvalue weighted by molar-refractivity contribution is 0.0996. The van der Waals surface area contributed by atoms with Crippen LogP contribution in [0, 0.1) is 0 Å². The van der Waals surface area contributed by atoms with Crippen molar-refractivity contribution >= 4 is 0 Å². The molecule has 1 aliphatic heterocycles. The summed E-state index contributed by atoms with van der Waals surface area (Å²) in [6.45, 7) is 2.63. The Kier molecular flexibility index (Phi) is 4.36. The van der Waals surface area contributed by atoms with Crippen molar-refractivity contribution in [2.75, 3.05) is 19.6 Å². The van der Waals surface area contributed by atoms with Crippen LogP contribution in [0.15, 0.2) is 24.3 Å². The molecule has 1 aromatic carbocycles. The van der Waals surface area contributed by atoms with Gasteiger partial charge in [0.25, 0.3) is 0 Å². The number of piperidine rings is 1. The zero-order valence-electron chi connectivity index (χ0n) is 9.97. The number of rotatable bonds is 4. The number of hydrazine groups is 1. The summed E-state index contributed by atoms with van der Waals surface area (Å²) in [6, 6.07) is 6.69. The fraction of sp³-hybridized carbons (Fsp3) is 0.538. The van der Waals surface area contributed by atoms with Crippen molar-refractivity contribution in [1.82, 2.24) is 10.4 Å². The van der Waals surface area contributed by atoms with Crippen molar-refractivity contribution in [3.05, 3.63) is 29.8 Å². The van der Waals surface area contributed by atoms with E-state index in [1.807, 2.05) is 0 Å². The van der Waals surface area contributed by atoms with Crippen molar-refractivity contribution in [3.63, 3.8) is 0 Å². The summed E-state index contributed by atoms with van der Waals surface area (Å²) in [5.41, 5.74) is 4.08. The molecular weight excluding hydrogens is 216 g/mol. The van der Waals surface area contributed by atoms with Gasteiger partial charge in [-0.3, -0.25) is 5.43 Å². The number of nitrogens with zero attached hydrogens (tertiary/aromatic N) is 1. The molecule has 1 fully saturated rings. The van der Waals surface area contributed by atoms with Gasteiger partial charge in [-0.05, 0) is 30.5 Å². The smallest absolute Gasteiger partial charge is 0.115 e. The van der Waals surface area contributed by atoms with Crippen molar-refractivity contribution in [2.24, 2.45) is 0 Å². The van der Waals surface area contributed by atoms with E-state index in [2.05, 4.69) is 10.4 Å².